The van der Waals surface area contributed by atoms with Crippen LogP contribution in [0.4, 0.5) is 0 Å². The Morgan fingerprint density at radius 2 is 2.22 bits per heavy atom. The van der Waals surface area contributed by atoms with Crippen molar-refractivity contribution in [2.45, 2.75) is 46.0 Å². The van der Waals surface area contributed by atoms with Crippen LogP contribution in [0.3, 0.4) is 0 Å². The van der Waals surface area contributed by atoms with Crippen LogP contribution in [-0.2, 0) is 9.53 Å². The van der Waals surface area contributed by atoms with E-state index in [1.54, 1.807) is 6.21 Å². The highest BCUT2D eigenvalue weighted by Gasteiger charge is 2.05. The molecule has 0 radical (unpaired) electrons. The zero-order chi connectivity index (χ0) is 13.8. The van der Waals surface area contributed by atoms with E-state index in [1.807, 2.05) is 6.08 Å². The van der Waals surface area contributed by atoms with Gasteiger partial charge in [0, 0.05) is 19.8 Å². The van der Waals surface area contributed by atoms with E-state index < -0.39 is 0 Å². The number of nitrogens with zero attached hydrogens (tertiary/aromatic N) is 1. The van der Waals surface area contributed by atoms with Crippen LogP contribution in [0.5, 0.6) is 0 Å². The molecule has 4 heteroatoms. The van der Waals surface area contributed by atoms with E-state index in [1.165, 1.54) is 6.92 Å². The van der Waals surface area contributed by atoms with E-state index in [2.05, 4.69) is 13.5 Å². The molecule has 0 aromatic rings. The highest BCUT2D eigenvalue weighted by molar-refractivity contribution is 5.65. The zero-order valence-corrected chi connectivity index (χ0v) is 11.6. The molecule has 18 heavy (non-hydrogen) atoms. The number of carbonyl (C=O) groups is 1. The van der Waals surface area contributed by atoms with Crippen molar-refractivity contribution in [3.05, 3.63) is 17.9 Å². The number of hydroxylamine groups is 1. The summed E-state index contributed by atoms with van der Waals surface area (Å²) >= 11 is 0. The number of unbranched alkanes of at least 4 members (excludes halogenated alkanes) is 1. The van der Waals surface area contributed by atoms with Crippen molar-refractivity contribution in [1.82, 2.24) is 0 Å². The van der Waals surface area contributed by atoms with Gasteiger partial charge in [0.15, 0.2) is 12.8 Å². The summed E-state index contributed by atoms with van der Waals surface area (Å²) < 4.78 is 5.75. The molecule has 0 amide bonds. The summed E-state index contributed by atoms with van der Waals surface area (Å²) in [5, 5.41) is 11.5. The van der Waals surface area contributed by atoms with Gasteiger partial charge in [0.1, 0.15) is 0 Å². The number of carbonyl (C=O) groups excluding carboxylic acids is 1. The summed E-state index contributed by atoms with van der Waals surface area (Å²) in [4.78, 5) is 10.5. The molecular weight excluding hydrogens is 230 g/mol. The van der Waals surface area contributed by atoms with Crippen molar-refractivity contribution in [2.24, 2.45) is 5.92 Å². The SMILES string of the molecule is C=CC(CCC)CC/[N+]([O-])=C/CCCOC(C)=O. The molecule has 0 bridgehead atoms. The molecule has 104 valence electrons. The van der Waals surface area contributed by atoms with Crippen LogP contribution < -0.4 is 0 Å². The first-order valence-corrected chi connectivity index (χ1v) is 6.63. The van der Waals surface area contributed by atoms with E-state index in [0.717, 1.165) is 24.0 Å². The first kappa shape index (κ1) is 16.7. The minimum absolute atomic E-state index is 0.276. The van der Waals surface area contributed by atoms with Crippen LogP contribution >= 0.6 is 0 Å². The second-order valence-electron chi connectivity index (χ2n) is 4.38. The third-order valence-electron chi connectivity index (χ3n) is 2.70. The lowest BCUT2D eigenvalue weighted by Crippen LogP contribution is -2.11. The normalized spacial score (nSPS) is 13.1. The molecular formula is C14H25NO3. The first-order valence-electron chi connectivity index (χ1n) is 6.63. The molecule has 0 saturated heterocycles. The Balaban J connectivity index is 3.69. The van der Waals surface area contributed by atoms with Crippen molar-refractivity contribution in [2.75, 3.05) is 13.2 Å². The topological polar surface area (TPSA) is 52.4 Å². The van der Waals surface area contributed by atoms with Crippen molar-refractivity contribution >= 4 is 12.2 Å². The summed E-state index contributed by atoms with van der Waals surface area (Å²) in [6, 6.07) is 0. The third-order valence-corrected chi connectivity index (χ3v) is 2.70. The van der Waals surface area contributed by atoms with Gasteiger partial charge in [0.2, 0.25) is 0 Å². The Kier molecular flexibility index (Phi) is 10.0. The lowest BCUT2D eigenvalue weighted by atomic mass is 10.0. The summed E-state index contributed by atoms with van der Waals surface area (Å²) in [6.45, 7) is 8.18. The fourth-order valence-electron chi connectivity index (χ4n) is 1.67. The van der Waals surface area contributed by atoms with Crippen LogP contribution in [0.2, 0.25) is 0 Å². The summed E-state index contributed by atoms with van der Waals surface area (Å²) in [6.07, 6.45) is 7.93. The predicted molar refractivity (Wildman–Crippen MR) is 73.6 cm³/mol. The molecule has 0 saturated carbocycles. The van der Waals surface area contributed by atoms with E-state index in [0.29, 0.717) is 31.9 Å². The molecule has 0 aliphatic rings. The Morgan fingerprint density at radius 1 is 1.50 bits per heavy atom. The van der Waals surface area contributed by atoms with Crippen molar-refractivity contribution in [3.8, 4) is 0 Å². The average Bonchev–Trinajstić information content (AvgIpc) is 2.33. The quantitative estimate of drug-likeness (QED) is 0.115. The summed E-state index contributed by atoms with van der Waals surface area (Å²) in [7, 11) is 0. The second-order valence-corrected chi connectivity index (χ2v) is 4.38. The molecule has 1 atom stereocenters. The third kappa shape index (κ3) is 9.87. The van der Waals surface area contributed by atoms with Crippen LogP contribution in [-0.4, -0.2) is 30.1 Å². The first-order chi connectivity index (χ1) is 8.60. The fourth-order valence-corrected chi connectivity index (χ4v) is 1.67. The molecule has 0 aliphatic heterocycles. The summed E-state index contributed by atoms with van der Waals surface area (Å²) in [5.41, 5.74) is 0. The molecule has 0 spiro atoms. The molecule has 0 aliphatic carbocycles. The van der Waals surface area contributed by atoms with Gasteiger partial charge in [0.25, 0.3) is 0 Å². The van der Waals surface area contributed by atoms with Gasteiger partial charge >= 0.3 is 5.97 Å². The average molecular weight is 255 g/mol. The molecule has 1 unspecified atom stereocenters. The Hall–Kier alpha value is -1.32. The van der Waals surface area contributed by atoms with Gasteiger partial charge in [0.05, 0.1) is 6.61 Å². The van der Waals surface area contributed by atoms with E-state index in [9.17, 15) is 10.0 Å². The molecule has 0 fully saturated rings. The maximum atomic E-state index is 11.5. The van der Waals surface area contributed by atoms with Crippen molar-refractivity contribution in [3.63, 3.8) is 0 Å². The van der Waals surface area contributed by atoms with Crippen LogP contribution in [0, 0.1) is 11.1 Å². The number of allylic oxidation sites excluding steroid dienone is 1. The van der Waals surface area contributed by atoms with Gasteiger partial charge < -0.3 is 9.94 Å². The Labute approximate surface area is 110 Å². The number of esters is 1. The number of hydrogen-bond donors (Lipinski definition) is 0. The molecule has 0 aromatic heterocycles. The van der Waals surface area contributed by atoms with Crippen LogP contribution in [0.1, 0.15) is 46.0 Å². The predicted octanol–water partition coefficient (Wildman–Crippen LogP) is 2.90. The highest BCUT2D eigenvalue weighted by atomic mass is 16.5. The molecule has 0 heterocycles. The smallest absolute Gasteiger partial charge is 0.302 e. The second kappa shape index (κ2) is 10.8. The Morgan fingerprint density at radius 3 is 2.78 bits per heavy atom. The van der Waals surface area contributed by atoms with E-state index in [-0.39, 0.29) is 5.97 Å². The van der Waals surface area contributed by atoms with Gasteiger partial charge in [-0.2, -0.15) is 0 Å². The Bertz CT molecular complexity index is 274. The molecule has 0 rings (SSSR count). The fraction of sp³-hybridized carbons (Fsp3) is 0.714. The van der Waals surface area contributed by atoms with Gasteiger partial charge in [-0.15, -0.1) is 6.58 Å². The molecule has 0 aromatic carbocycles. The zero-order valence-electron chi connectivity index (χ0n) is 11.6. The van der Waals surface area contributed by atoms with Gasteiger partial charge in [-0.25, -0.2) is 4.74 Å². The lowest BCUT2D eigenvalue weighted by molar-refractivity contribution is -0.455. The minimum atomic E-state index is -0.276. The maximum Gasteiger partial charge on any atom is 0.302 e. The van der Waals surface area contributed by atoms with Gasteiger partial charge in [-0.1, -0.05) is 19.4 Å². The molecule has 0 N–H and O–H groups in total. The standard InChI is InChI=1S/C14H25NO3/c1-4-8-14(5-2)9-11-15(17)10-6-7-12-18-13(3)16/h5,10,14H,2,4,6-9,11-12H2,1,3H3/b15-10-. The van der Waals surface area contributed by atoms with Crippen LogP contribution in [0.25, 0.3) is 0 Å². The van der Waals surface area contributed by atoms with Crippen LogP contribution in [0.15, 0.2) is 12.7 Å². The van der Waals surface area contributed by atoms with E-state index in [4.69, 9.17) is 4.74 Å². The lowest BCUT2D eigenvalue weighted by Gasteiger charge is -2.10. The monoisotopic (exact) mass is 255 g/mol. The highest BCUT2D eigenvalue weighted by Crippen LogP contribution is 2.11. The molecule has 4 nitrogen and oxygen atoms in total. The van der Waals surface area contributed by atoms with Crippen molar-refractivity contribution < 1.29 is 14.3 Å². The van der Waals surface area contributed by atoms with Gasteiger partial charge in [-0.05, 0) is 18.8 Å². The number of ether oxygens (including phenoxy) is 1. The number of rotatable bonds is 10. The minimum Gasteiger partial charge on any atom is -0.624 e. The van der Waals surface area contributed by atoms with Gasteiger partial charge in [-0.3, -0.25) is 4.79 Å². The maximum absolute atomic E-state index is 11.5. The van der Waals surface area contributed by atoms with Crippen molar-refractivity contribution in [1.29, 1.82) is 0 Å². The van der Waals surface area contributed by atoms with E-state index >= 15 is 0 Å². The largest absolute Gasteiger partial charge is 0.624 e. The summed E-state index contributed by atoms with van der Waals surface area (Å²) in [5.74, 6) is 0.156. The number of hydrogen-bond acceptors (Lipinski definition) is 3.